The average molecular weight is 422 g/mol. The Hall–Kier alpha value is -3.42. The van der Waals surface area contributed by atoms with Crippen LogP contribution in [0.3, 0.4) is 0 Å². The zero-order valence-corrected chi connectivity index (χ0v) is 18.1. The van der Waals surface area contributed by atoms with E-state index < -0.39 is 0 Å². The summed E-state index contributed by atoms with van der Waals surface area (Å²) in [5.41, 5.74) is 2.17. The molecule has 4 rings (SSSR count). The van der Waals surface area contributed by atoms with E-state index in [9.17, 15) is 4.79 Å². The Morgan fingerprint density at radius 3 is 2.65 bits per heavy atom. The lowest BCUT2D eigenvalue weighted by atomic mass is 9.99. The van der Waals surface area contributed by atoms with E-state index in [2.05, 4.69) is 22.1 Å². The normalized spacial score (nSPS) is 18.6. The molecule has 8 heteroatoms. The molecule has 1 aromatic carbocycles. The number of methoxy groups -OCH3 is 1. The van der Waals surface area contributed by atoms with Gasteiger partial charge in [-0.05, 0) is 44.4 Å². The molecule has 1 aliphatic heterocycles. The first-order valence-corrected chi connectivity index (χ1v) is 10.6. The summed E-state index contributed by atoms with van der Waals surface area (Å²) in [5.74, 6) is 1.29. The van der Waals surface area contributed by atoms with Crippen LogP contribution >= 0.6 is 0 Å². The van der Waals surface area contributed by atoms with Crippen LogP contribution in [0.4, 0.5) is 0 Å². The molecule has 2 aromatic heterocycles. The van der Waals surface area contributed by atoms with Crippen molar-refractivity contribution in [1.82, 2.24) is 24.9 Å². The first-order valence-electron chi connectivity index (χ1n) is 10.6. The molecular formula is C23H27N5O3. The topological polar surface area (TPSA) is 82.4 Å². The summed E-state index contributed by atoms with van der Waals surface area (Å²) >= 11 is 0. The number of hydrogen-bond acceptors (Lipinski definition) is 6. The molecule has 0 radical (unpaired) electrons. The molecule has 1 aliphatic rings. The highest BCUT2D eigenvalue weighted by atomic mass is 16.5. The summed E-state index contributed by atoms with van der Waals surface area (Å²) in [6.45, 7) is 4.61. The molecule has 162 valence electrons. The number of para-hydroxylation sites is 1. The van der Waals surface area contributed by atoms with Crippen LogP contribution < -0.4 is 9.47 Å². The van der Waals surface area contributed by atoms with Gasteiger partial charge in [0.2, 0.25) is 5.88 Å². The van der Waals surface area contributed by atoms with E-state index in [1.165, 1.54) is 4.80 Å². The molecule has 0 N–H and O–H groups in total. The van der Waals surface area contributed by atoms with Gasteiger partial charge in [-0.2, -0.15) is 15.0 Å². The minimum absolute atomic E-state index is 0.0528. The Morgan fingerprint density at radius 1 is 1.13 bits per heavy atom. The van der Waals surface area contributed by atoms with Gasteiger partial charge in [0.15, 0.2) is 0 Å². The second-order valence-corrected chi connectivity index (χ2v) is 7.61. The Bertz CT molecular complexity index is 1040. The number of ether oxygens (including phenoxy) is 2. The van der Waals surface area contributed by atoms with Crippen molar-refractivity contribution in [2.45, 2.75) is 45.3 Å². The second kappa shape index (κ2) is 9.16. The van der Waals surface area contributed by atoms with Crippen LogP contribution in [0.15, 0.2) is 48.9 Å². The Kier molecular flexibility index (Phi) is 6.16. The fourth-order valence-corrected chi connectivity index (χ4v) is 4.01. The number of piperidine rings is 1. The van der Waals surface area contributed by atoms with Gasteiger partial charge in [-0.1, -0.05) is 19.1 Å². The molecule has 1 saturated heterocycles. The van der Waals surface area contributed by atoms with Crippen molar-refractivity contribution < 1.29 is 14.3 Å². The van der Waals surface area contributed by atoms with Crippen LogP contribution in [0.1, 0.15) is 42.6 Å². The number of carbonyl (C=O) groups excluding carboxylic acids is 1. The third kappa shape index (κ3) is 4.23. The van der Waals surface area contributed by atoms with E-state index in [1.807, 2.05) is 42.2 Å². The number of benzene rings is 1. The SMILES string of the molecule is CCc1c(OC)ccnc1O[C@@H]1CC[C@@H](C)N(C(=O)c2ccccc2-n2nccn2)C1. The van der Waals surface area contributed by atoms with Gasteiger partial charge in [-0.25, -0.2) is 4.98 Å². The van der Waals surface area contributed by atoms with Crippen molar-refractivity contribution in [3.05, 3.63) is 60.0 Å². The van der Waals surface area contributed by atoms with Crippen molar-refractivity contribution >= 4 is 5.91 Å². The standard InChI is InChI=1S/C23H27N5O3/c1-4-18-21(30-3)11-12-24-22(18)31-17-10-9-16(2)27(15-17)23(29)19-7-5-6-8-20(19)28-25-13-14-26-28/h5-8,11-14,16-17H,4,9-10,15H2,1-3H3/t16-,17-/m1/s1. The maximum Gasteiger partial charge on any atom is 0.256 e. The summed E-state index contributed by atoms with van der Waals surface area (Å²) in [7, 11) is 1.65. The number of aromatic nitrogens is 4. The molecule has 3 aromatic rings. The van der Waals surface area contributed by atoms with Gasteiger partial charge in [0, 0.05) is 12.2 Å². The zero-order chi connectivity index (χ0) is 21.8. The molecule has 0 spiro atoms. The average Bonchev–Trinajstić information content (AvgIpc) is 3.34. The largest absolute Gasteiger partial charge is 0.496 e. The highest BCUT2D eigenvalue weighted by Gasteiger charge is 2.32. The zero-order valence-electron chi connectivity index (χ0n) is 18.1. The summed E-state index contributed by atoms with van der Waals surface area (Å²) < 4.78 is 11.7. The van der Waals surface area contributed by atoms with Crippen molar-refractivity contribution in [3.63, 3.8) is 0 Å². The van der Waals surface area contributed by atoms with Gasteiger partial charge in [0.1, 0.15) is 11.9 Å². The van der Waals surface area contributed by atoms with E-state index in [0.29, 0.717) is 23.7 Å². The number of amides is 1. The monoisotopic (exact) mass is 421 g/mol. The van der Waals surface area contributed by atoms with Gasteiger partial charge < -0.3 is 14.4 Å². The molecule has 8 nitrogen and oxygen atoms in total. The maximum atomic E-state index is 13.5. The number of rotatable bonds is 6. The van der Waals surface area contributed by atoms with Gasteiger partial charge in [0.05, 0.1) is 42.9 Å². The van der Waals surface area contributed by atoms with E-state index in [-0.39, 0.29) is 18.1 Å². The van der Waals surface area contributed by atoms with Gasteiger partial charge in [-0.3, -0.25) is 4.79 Å². The Labute approximate surface area is 181 Å². The van der Waals surface area contributed by atoms with Crippen LogP contribution in [0.5, 0.6) is 11.6 Å². The van der Waals surface area contributed by atoms with Gasteiger partial charge >= 0.3 is 0 Å². The fraction of sp³-hybridized carbons (Fsp3) is 0.391. The van der Waals surface area contributed by atoms with Gasteiger partial charge in [-0.15, -0.1) is 0 Å². The molecule has 31 heavy (non-hydrogen) atoms. The molecule has 1 fully saturated rings. The first kappa shape index (κ1) is 20.8. The third-order valence-corrected chi connectivity index (χ3v) is 5.69. The second-order valence-electron chi connectivity index (χ2n) is 7.61. The number of carbonyl (C=O) groups is 1. The number of pyridine rings is 1. The molecule has 2 atom stereocenters. The third-order valence-electron chi connectivity index (χ3n) is 5.69. The quantitative estimate of drug-likeness (QED) is 0.607. The molecule has 0 aliphatic carbocycles. The smallest absolute Gasteiger partial charge is 0.256 e. The summed E-state index contributed by atoms with van der Waals surface area (Å²) in [4.78, 5) is 21.3. The summed E-state index contributed by atoms with van der Waals surface area (Å²) in [6, 6.07) is 9.35. The first-order chi connectivity index (χ1) is 15.1. The number of likely N-dealkylation sites (tertiary alicyclic amines) is 1. The van der Waals surface area contributed by atoms with Gasteiger partial charge in [0.25, 0.3) is 5.91 Å². The number of nitrogens with zero attached hydrogens (tertiary/aromatic N) is 5. The van der Waals surface area contributed by atoms with Crippen molar-refractivity contribution in [3.8, 4) is 17.3 Å². The van der Waals surface area contributed by atoms with Crippen LogP contribution in [0, 0.1) is 0 Å². The molecule has 0 saturated carbocycles. The van der Waals surface area contributed by atoms with E-state index in [4.69, 9.17) is 9.47 Å². The Balaban J connectivity index is 1.56. The van der Waals surface area contributed by atoms with Crippen LogP contribution in [-0.4, -0.2) is 56.6 Å². The predicted octanol–water partition coefficient (Wildman–Crippen LogP) is 3.31. The van der Waals surface area contributed by atoms with Crippen LogP contribution in [0.2, 0.25) is 0 Å². The van der Waals surface area contributed by atoms with E-state index in [0.717, 1.165) is 30.6 Å². The predicted molar refractivity (Wildman–Crippen MR) is 116 cm³/mol. The molecule has 0 unspecified atom stereocenters. The van der Waals surface area contributed by atoms with Crippen LogP contribution in [-0.2, 0) is 6.42 Å². The minimum Gasteiger partial charge on any atom is -0.496 e. The highest BCUT2D eigenvalue weighted by molar-refractivity contribution is 5.98. The van der Waals surface area contributed by atoms with Crippen molar-refractivity contribution in [1.29, 1.82) is 0 Å². The Morgan fingerprint density at radius 2 is 1.90 bits per heavy atom. The molecule has 3 heterocycles. The summed E-state index contributed by atoms with van der Waals surface area (Å²) in [6.07, 6.45) is 7.21. The lowest BCUT2D eigenvalue weighted by Crippen LogP contribution is -2.49. The summed E-state index contributed by atoms with van der Waals surface area (Å²) in [5, 5.41) is 8.38. The molecular weight excluding hydrogens is 394 g/mol. The van der Waals surface area contributed by atoms with Crippen molar-refractivity contribution in [2.75, 3.05) is 13.7 Å². The lowest BCUT2D eigenvalue weighted by Gasteiger charge is -2.38. The number of hydrogen-bond donors (Lipinski definition) is 0. The lowest BCUT2D eigenvalue weighted by molar-refractivity contribution is 0.0369. The van der Waals surface area contributed by atoms with Crippen LogP contribution in [0.25, 0.3) is 5.69 Å². The fourth-order valence-electron chi connectivity index (χ4n) is 4.01. The molecule has 0 bridgehead atoms. The minimum atomic E-state index is -0.139. The molecule has 1 amide bonds. The van der Waals surface area contributed by atoms with E-state index >= 15 is 0 Å². The highest BCUT2D eigenvalue weighted by Crippen LogP contribution is 2.30. The van der Waals surface area contributed by atoms with Crippen molar-refractivity contribution in [2.24, 2.45) is 0 Å². The van der Waals surface area contributed by atoms with E-state index in [1.54, 1.807) is 25.7 Å². The maximum absolute atomic E-state index is 13.5.